The van der Waals surface area contributed by atoms with Gasteiger partial charge in [0.1, 0.15) is 5.75 Å². The molecule has 122 valence electrons. The predicted octanol–water partition coefficient (Wildman–Crippen LogP) is 5.31. The molecular weight excluding hydrogens is 296 g/mol. The van der Waals surface area contributed by atoms with Gasteiger partial charge in [-0.15, -0.1) is 0 Å². The van der Waals surface area contributed by atoms with E-state index in [-0.39, 0.29) is 5.78 Å². The van der Waals surface area contributed by atoms with Crippen molar-refractivity contribution in [1.29, 1.82) is 0 Å². The topological polar surface area (TPSA) is 26.3 Å². The Morgan fingerprint density at radius 2 is 1.71 bits per heavy atom. The Morgan fingerprint density at radius 1 is 1.04 bits per heavy atom. The minimum atomic E-state index is 0.225. The zero-order chi connectivity index (χ0) is 17.1. The van der Waals surface area contributed by atoms with Crippen LogP contribution in [0.15, 0.2) is 65.7 Å². The smallest absolute Gasteiger partial charge is 0.163 e. The van der Waals surface area contributed by atoms with Crippen LogP contribution in [-0.4, -0.2) is 12.9 Å². The number of benzene rings is 2. The third-order valence-electron chi connectivity index (χ3n) is 4.65. The number of ketones is 1. The van der Waals surface area contributed by atoms with E-state index in [1.165, 1.54) is 5.57 Å². The second-order valence-electron chi connectivity index (χ2n) is 6.01. The summed E-state index contributed by atoms with van der Waals surface area (Å²) in [5, 5.41) is 0. The SMILES string of the molecule is CC/C(=C1\CC(=O)C(C)=C1c1ccccc1)c1ccc(OC)cc1. The molecule has 0 spiro atoms. The molecule has 2 heteroatoms. The predicted molar refractivity (Wildman–Crippen MR) is 98.9 cm³/mol. The first-order valence-corrected chi connectivity index (χ1v) is 8.32. The first-order chi connectivity index (χ1) is 11.7. The van der Waals surface area contributed by atoms with Crippen LogP contribution in [0.4, 0.5) is 0 Å². The molecule has 3 rings (SSSR count). The van der Waals surface area contributed by atoms with E-state index < -0.39 is 0 Å². The normalized spacial score (nSPS) is 16.5. The van der Waals surface area contributed by atoms with Crippen LogP contribution in [0.5, 0.6) is 5.75 Å². The van der Waals surface area contributed by atoms with Crippen molar-refractivity contribution in [2.24, 2.45) is 0 Å². The van der Waals surface area contributed by atoms with Gasteiger partial charge in [-0.3, -0.25) is 4.79 Å². The van der Waals surface area contributed by atoms with Gasteiger partial charge in [0.2, 0.25) is 0 Å². The van der Waals surface area contributed by atoms with Crippen molar-refractivity contribution in [3.63, 3.8) is 0 Å². The summed E-state index contributed by atoms with van der Waals surface area (Å²) in [7, 11) is 1.67. The van der Waals surface area contributed by atoms with Crippen molar-refractivity contribution in [3.8, 4) is 5.75 Å². The molecule has 0 N–H and O–H groups in total. The maximum Gasteiger partial charge on any atom is 0.163 e. The van der Waals surface area contributed by atoms with Crippen LogP contribution in [0, 0.1) is 0 Å². The number of methoxy groups -OCH3 is 1. The van der Waals surface area contributed by atoms with Crippen LogP contribution in [0.2, 0.25) is 0 Å². The first-order valence-electron chi connectivity index (χ1n) is 8.32. The Morgan fingerprint density at radius 3 is 2.29 bits per heavy atom. The average Bonchev–Trinajstić information content (AvgIpc) is 2.92. The van der Waals surface area contributed by atoms with E-state index in [0.717, 1.165) is 40.0 Å². The summed E-state index contributed by atoms with van der Waals surface area (Å²) < 4.78 is 5.25. The Hall–Kier alpha value is -2.61. The maximum absolute atomic E-state index is 12.4. The highest BCUT2D eigenvalue weighted by Gasteiger charge is 2.27. The maximum atomic E-state index is 12.4. The number of allylic oxidation sites excluding steroid dienone is 4. The summed E-state index contributed by atoms with van der Waals surface area (Å²) in [5.74, 6) is 1.07. The van der Waals surface area contributed by atoms with Gasteiger partial charge in [-0.05, 0) is 53.3 Å². The van der Waals surface area contributed by atoms with E-state index in [0.29, 0.717) is 6.42 Å². The summed E-state index contributed by atoms with van der Waals surface area (Å²) in [4.78, 5) is 12.4. The van der Waals surface area contributed by atoms with Gasteiger partial charge >= 0.3 is 0 Å². The molecule has 0 saturated heterocycles. The molecule has 0 bridgehead atoms. The molecule has 0 fully saturated rings. The minimum Gasteiger partial charge on any atom is -0.497 e. The van der Waals surface area contributed by atoms with Gasteiger partial charge in [0, 0.05) is 12.0 Å². The van der Waals surface area contributed by atoms with E-state index in [4.69, 9.17) is 4.74 Å². The second kappa shape index (κ2) is 6.88. The number of hydrogen-bond donors (Lipinski definition) is 0. The summed E-state index contributed by atoms with van der Waals surface area (Å²) in [6.45, 7) is 4.09. The molecule has 0 radical (unpaired) electrons. The molecule has 0 unspecified atom stereocenters. The van der Waals surface area contributed by atoms with Crippen molar-refractivity contribution < 1.29 is 9.53 Å². The van der Waals surface area contributed by atoms with Gasteiger partial charge in [-0.1, -0.05) is 49.4 Å². The van der Waals surface area contributed by atoms with Crippen molar-refractivity contribution in [3.05, 3.63) is 76.9 Å². The van der Waals surface area contributed by atoms with Crippen LogP contribution in [0.3, 0.4) is 0 Å². The third kappa shape index (κ3) is 2.92. The van der Waals surface area contributed by atoms with Gasteiger partial charge in [0.05, 0.1) is 7.11 Å². The zero-order valence-corrected chi connectivity index (χ0v) is 14.4. The second-order valence-corrected chi connectivity index (χ2v) is 6.01. The number of carbonyl (C=O) groups excluding carboxylic acids is 1. The number of Topliss-reactive ketones (excluding diaryl/α,β-unsaturated/α-hetero) is 1. The fraction of sp³-hybridized carbons (Fsp3) is 0.227. The molecule has 2 nitrogen and oxygen atoms in total. The largest absolute Gasteiger partial charge is 0.497 e. The summed E-state index contributed by atoms with van der Waals surface area (Å²) in [5.41, 5.74) is 6.65. The first kappa shape index (κ1) is 16.3. The molecule has 24 heavy (non-hydrogen) atoms. The van der Waals surface area contributed by atoms with E-state index in [1.807, 2.05) is 37.3 Å². The van der Waals surface area contributed by atoms with Gasteiger partial charge in [0.25, 0.3) is 0 Å². The van der Waals surface area contributed by atoms with Gasteiger partial charge in [0.15, 0.2) is 5.78 Å². The number of hydrogen-bond acceptors (Lipinski definition) is 2. The molecule has 2 aromatic carbocycles. The molecule has 2 aromatic rings. The lowest BCUT2D eigenvalue weighted by Crippen LogP contribution is -1.94. The van der Waals surface area contributed by atoms with Crippen molar-refractivity contribution in [1.82, 2.24) is 0 Å². The Kier molecular flexibility index (Phi) is 4.66. The summed E-state index contributed by atoms with van der Waals surface area (Å²) in [6, 6.07) is 18.3. The highest BCUT2D eigenvalue weighted by Crippen LogP contribution is 2.41. The fourth-order valence-electron chi connectivity index (χ4n) is 3.38. The van der Waals surface area contributed by atoms with Crippen molar-refractivity contribution >= 4 is 16.9 Å². The molecule has 0 atom stereocenters. The molecule has 1 aliphatic carbocycles. The monoisotopic (exact) mass is 318 g/mol. The summed E-state index contributed by atoms with van der Waals surface area (Å²) in [6.07, 6.45) is 1.38. The molecule has 0 aromatic heterocycles. The lowest BCUT2D eigenvalue weighted by atomic mass is 9.90. The van der Waals surface area contributed by atoms with Crippen LogP contribution >= 0.6 is 0 Å². The summed E-state index contributed by atoms with van der Waals surface area (Å²) >= 11 is 0. The molecular formula is C22H22O2. The number of carbonyl (C=O) groups is 1. The van der Waals surface area contributed by atoms with Crippen LogP contribution in [0.25, 0.3) is 11.1 Å². The van der Waals surface area contributed by atoms with E-state index >= 15 is 0 Å². The molecule has 0 amide bonds. The van der Waals surface area contributed by atoms with Gasteiger partial charge in [-0.25, -0.2) is 0 Å². The Labute approximate surface area is 143 Å². The Bertz CT molecular complexity index is 809. The van der Waals surface area contributed by atoms with Crippen LogP contribution in [0.1, 0.15) is 37.8 Å². The van der Waals surface area contributed by atoms with E-state index in [2.05, 4.69) is 31.2 Å². The van der Waals surface area contributed by atoms with Crippen molar-refractivity contribution in [2.75, 3.05) is 7.11 Å². The van der Waals surface area contributed by atoms with Crippen LogP contribution < -0.4 is 4.74 Å². The number of rotatable bonds is 4. The highest BCUT2D eigenvalue weighted by atomic mass is 16.5. The molecule has 1 aliphatic rings. The van der Waals surface area contributed by atoms with Gasteiger partial charge < -0.3 is 4.74 Å². The lowest BCUT2D eigenvalue weighted by Gasteiger charge is -2.14. The Balaban J connectivity index is 2.15. The van der Waals surface area contributed by atoms with Crippen LogP contribution in [-0.2, 0) is 4.79 Å². The zero-order valence-electron chi connectivity index (χ0n) is 14.4. The molecule has 0 heterocycles. The molecule has 0 aliphatic heterocycles. The van der Waals surface area contributed by atoms with E-state index in [1.54, 1.807) is 7.11 Å². The van der Waals surface area contributed by atoms with E-state index in [9.17, 15) is 4.79 Å². The average molecular weight is 318 g/mol. The van der Waals surface area contributed by atoms with Gasteiger partial charge in [-0.2, -0.15) is 0 Å². The minimum absolute atomic E-state index is 0.225. The fourth-order valence-corrected chi connectivity index (χ4v) is 3.38. The lowest BCUT2D eigenvalue weighted by molar-refractivity contribution is -0.114. The quantitative estimate of drug-likeness (QED) is 0.764. The molecule has 0 saturated carbocycles. The van der Waals surface area contributed by atoms with Crippen molar-refractivity contribution in [2.45, 2.75) is 26.7 Å². The standard InChI is InChI=1S/C22H22O2/c1-4-19(16-10-12-18(24-3)13-11-16)20-14-21(23)15(2)22(20)17-8-6-5-7-9-17/h5-13H,4,14H2,1-3H3/b20-19-. The third-order valence-corrected chi connectivity index (χ3v) is 4.65. The number of ether oxygens (including phenoxy) is 1. The highest BCUT2D eigenvalue weighted by molar-refractivity contribution is 6.15.